The summed E-state index contributed by atoms with van der Waals surface area (Å²) in [5.74, 6) is 0.393. The van der Waals surface area contributed by atoms with E-state index in [1.54, 1.807) is 6.20 Å². The lowest BCUT2D eigenvalue weighted by molar-refractivity contribution is -0.0516. The molecule has 2 aromatic rings. The molecule has 3 atom stereocenters. The second-order valence-electron chi connectivity index (χ2n) is 9.26. The van der Waals surface area contributed by atoms with Crippen molar-refractivity contribution in [2.24, 2.45) is 11.8 Å². The number of benzene rings is 1. The molecule has 0 amide bonds. The topological polar surface area (TPSA) is 54.6 Å². The maximum absolute atomic E-state index is 14.6. The minimum atomic E-state index is -1.29. The van der Waals surface area contributed by atoms with E-state index in [9.17, 15) is 14.6 Å². The number of halogens is 1. The number of aliphatic hydroxyl groups excluding tert-OH is 1. The van der Waals surface area contributed by atoms with Gasteiger partial charge in [0.05, 0.1) is 18.2 Å². The quantitative estimate of drug-likeness (QED) is 0.419. The van der Waals surface area contributed by atoms with Crippen LogP contribution in [0.15, 0.2) is 54.3 Å². The number of hydrogen-bond acceptors (Lipinski definition) is 3. The number of hydrogen-bond donors (Lipinski definition) is 2. The van der Waals surface area contributed by atoms with Crippen LogP contribution in [0.5, 0.6) is 0 Å². The Morgan fingerprint density at radius 1 is 1.25 bits per heavy atom. The number of rotatable bonds is 8. The number of aromatic nitrogens is 1. The number of allylic oxidation sites excluding steroid dienone is 4. The van der Waals surface area contributed by atoms with Crippen LogP contribution in [0.25, 0.3) is 10.9 Å². The molecule has 1 aromatic carbocycles. The van der Waals surface area contributed by atoms with Crippen LogP contribution >= 0.6 is 0 Å². The molecule has 1 aromatic heterocycles. The first-order chi connectivity index (χ1) is 15.4. The maximum Gasteiger partial charge on any atom is 0.152 e. The van der Waals surface area contributed by atoms with E-state index in [1.807, 2.05) is 31.2 Å². The number of fused-ring (bicyclic) bond motifs is 1. The zero-order chi connectivity index (χ0) is 22.7. The molecule has 4 nitrogen and oxygen atoms in total. The van der Waals surface area contributed by atoms with Crippen molar-refractivity contribution in [3.8, 4) is 0 Å². The fraction of sp³-hybridized carbons (Fsp3) is 0.481. The smallest absolute Gasteiger partial charge is 0.152 e. The summed E-state index contributed by atoms with van der Waals surface area (Å²) in [6.45, 7) is 5.33. The number of ether oxygens (including phenoxy) is 1. The fourth-order valence-corrected chi connectivity index (χ4v) is 4.92. The summed E-state index contributed by atoms with van der Waals surface area (Å²) in [4.78, 5) is 0. The zero-order valence-electron chi connectivity index (χ0n) is 19.0. The number of aryl methyl sites for hydroxylation is 1. The Hall–Kier alpha value is -2.21. The van der Waals surface area contributed by atoms with Gasteiger partial charge in [0.25, 0.3) is 0 Å². The van der Waals surface area contributed by atoms with Crippen molar-refractivity contribution < 1.29 is 19.3 Å². The number of nitrogens with zero attached hydrogens (tertiary/aromatic N) is 1. The standard InChI is InChI=1S/C27H34FNO3/c1-18(14-26(30)31)21-8-11-23(12-9-21)32-17-22-10-13-24-25(28)16-29(27(24)19(22)2)15-20-6-4-3-5-7-20/h4,6,8-11,13,16,18,20,23,26,30-31H,3,5,7,12,14-15,17H2,1-2H3. The third-order valence-corrected chi connectivity index (χ3v) is 6.82. The lowest BCUT2D eigenvalue weighted by Crippen LogP contribution is -2.16. The van der Waals surface area contributed by atoms with Crippen LogP contribution in [-0.2, 0) is 17.9 Å². The second-order valence-corrected chi connectivity index (χ2v) is 9.26. The highest BCUT2D eigenvalue weighted by Crippen LogP contribution is 2.30. The van der Waals surface area contributed by atoms with E-state index in [1.165, 1.54) is 6.42 Å². The molecule has 32 heavy (non-hydrogen) atoms. The molecule has 4 rings (SSSR count). The van der Waals surface area contributed by atoms with Crippen molar-refractivity contribution in [3.05, 3.63) is 71.2 Å². The van der Waals surface area contributed by atoms with Crippen LogP contribution in [0.2, 0.25) is 0 Å². The van der Waals surface area contributed by atoms with Gasteiger partial charge in [-0.2, -0.15) is 0 Å². The highest BCUT2D eigenvalue weighted by Gasteiger charge is 2.19. The normalized spacial score (nSPS) is 22.0. The Kier molecular flexibility index (Phi) is 7.29. The maximum atomic E-state index is 14.6. The Bertz CT molecular complexity index is 1030. The van der Waals surface area contributed by atoms with Crippen molar-refractivity contribution in [1.82, 2.24) is 4.57 Å². The molecule has 0 radical (unpaired) electrons. The van der Waals surface area contributed by atoms with E-state index >= 15 is 0 Å². The Balaban J connectivity index is 1.44. The summed E-state index contributed by atoms with van der Waals surface area (Å²) < 4.78 is 22.9. The molecule has 0 bridgehead atoms. The van der Waals surface area contributed by atoms with E-state index in [4.69, 9.17) is 4.74 Å². The van der Waals surface area contributed by atoms with Gasteiger partial charge in [-0.25, -0.2) is 4.39 Å². The van der Waals surface area contributed by atoms with Gasteiger partial charge >= 0.3 is 0 Å². The summed E-state index contributed by atoms with van der Waals surface area (Å²) in [6, 6.07) is 3.85. The van der Waals surface area contributed by atoms with Gasteiger partial charge in [-0.05, 0) is 67.2 Å². The predicted octanol–water partition coefficient (Wildman–Crippen LogP) is 5.55. The molecule has 0 aliphatic heterocycles. The molecule has 2 aliphatic carbocycles. The third-order valence-electron chi connectivity index (χ3n) is 6.82. The average Bonchev–Trinajstić information content (AvgIpc) is 3.09. The Labute approximate surface area is 189 Å². The van der Waals surface area contributed by atoms with Crippen molar-refractivity contribution in [2.75, 3.05) is 0 Å². The van der Waals surface area contributed by atoms with Gasteiger partial charge in [-0.3, -0.25) is 0 Å². The average molecular weight is 440 g/mol. The molecule has 0 saturated carbocycles. The first kappa shape index (κ1) is 23.0. The predicted molar refractivity (Wildman–Crippen MR) is 126 cm³/mol. The second kappa shape index (κ2) is 10.2. The number of aliphatic hydroxyl groups is 2. The van der Waals surface area contributed by atoms with E-state index in [-0.39, 0.29) is 17.8 Å². The first-order valence-electron chi connectivity index (χ1n) is 11.7. The molecule has 3 unspecified atom stereocenters. The minimum Gasteiger partial charge on any atom is -0.369 e. The van der Waals surface area contributed by atoms with Gasteiger partial charge in [0, 0.05) is 24.5 Å². The highest BCUT2D eigenvalue weighted by molar-refractivity contribution is 5.85. The lowest BCUT2D eigenvalue weighted by atomic mass is 9.92. The van der Waals surface area contributed by atoms with E-state index in [0.717, 1.165) is 48.0 Å². The van der Waals surface area contributed by atoms with Crippen LogP contribution in [0, 0.1) is 24.6 Å². The first-order valence-corrected chi connectivity index (χ1v) is 11.7. The van der Waals surface area contributed by atoms with Gasteiger partial charge in [0.15, 0.2) is 6.29 Å². The molecular formula is C27H34FNO3. The molecule has 2 N–H and O–H groups in total. The monoisotopic (exact) mass is 439 g/mol. The largest absolute Gasteiger partial charge is 0.369 e. The van der Waals surface area contributed by atoms with E-state index < -0.39 is 6.29 Å². The van der Waals surface area contributed by atoms with Gasteiger partial charge in [0.2, 0.25) is 0 Å². The van der Waals surface area contributed by atoms with Crippen molar-refractivity contribution in [1.29, 1.82) is 0 Å². The molecule has 2 aliphatic rings. The molecule has 5 heteroatoms. The summed E-state index contributed by atoms with van der Waals surface area (Å²) in [6.07, 6.45) is 15.6. The zero-order valence-corrected chi connectivity index (χ0v) is 19.0. The summed E-state index contributed by atoms with van der Waals surface area (Å²) in [5.41, 5.74) is 4.24. The third kappa shape index (κ3) is 5.22. The van der Waals surface area contributed by atoms with Gasteiger partial charge in [-0.15, -0.1) is 0 Å². The molecule has 0 spiro atoms. The highest BCUT2D eigenvalue weighted by atomic mass is 19.1. The summed E-state index contributed by atoms with van der Waals surface area (Å²) in [5, 5.41) is 19.0. The molecule has 0 fully saturated rings. The van der Waals surface area contributed by atoms with E-state index in [0.29, 0.717) is 24.3 Å². The van der Waals surface area contributed by atoms with Crippen LogP contribution in [0.4, 0.5) is 4.39 Å². The van der Waals surface area contributed by atoms with Crippen LogP contribution in [0.1, 0.15) is 50.2 Å². The van der Waals surface area contributed by atoms with Gasteiger partial charge in [-0.1, -0.05) is 43.4 Å². The van der Waals surface area contributed by atoms with Crippen LogP contribution in [0.3, 0.4) is 0 Å². The Morgan fingerprint density at radius 3 is 2.78 bits per heavy atom. The van der Waals surface area contributed by atoms with Crippen LogP contribution < -0.4 is 0 Å². The fourth-order valence-electron chi connectivity index (χ4n) is 4.92. The molecule has 172 valence electrons. The summed E-state index contributed by atoms with van der Waals surface area (Å²) in [7, 11) is 0. The SMILES string of the molecule is Cc1c(COC2C=CC(C(C)CC(O)O)=CC2)ccc2c(F)cn(CC3C=CCCC3)c12. The van der Waals surface area contributed by atoms with Crippen LogP contribution in [-0.4, -0.2) is 27.2 Å². The molecular weight excluding hydrogens is 405 g/mol. The van der Waals surface area contributed by atoms with E-state index in [2.05, 4.69) is 29.7 Å². The van der Waals surface area contributed by atoms with Crippen molar-refractivity contribution >= 4 is 10.9 Å². The van der Waals surface area contributed by atoms with Gasteiger partial charge < -0.3 is 19.5 Å². The lowest BCUT2D eigenvalue weighted by Gasteiger charge is -2.22. The molecule has 1 heterocycles. The van der Waals surface area contributed by atoms with Gasteiger partial charge in [0.1, 0.15) is 5.82 Å². The van der Waals surface area contributed by atoms with Crippen molar-refractivity contribution in [3.63, 3.8) is 0 Å². The molecule has 0 saturated heterocycles. The minimum absolute atomic E-state index is 0.0176. The van der Waals surface area contributed by atoms with Crippen molar-refractivity contribution in [2.45, 2.75) is 71.5 Å². The summed E-state index contributed by atoms with van der Waals surface area (Å²) >= 11 is 0. The Morgan fingerprint density at radius 2 is 2.09 bits per heavy atom.